The Morgan fingerprint density at radius 1 is 1.33 bits per heavy atom. The van der Waals surface area contributed by atoms with E-state index < -0.39 is 6.09 Å². The predicted octanol–water partition coefficient (Wildman–Crippen LogP) is 3.04. The number of carbonyl (C=O) groups is 1. The molecule has 0 saturated heterocycles. The van der Waals surface area contributed by atoms with Crippen LogP contribution in [0.3, 0.4) is 0 Å². The van der Waals surface area contributed by atoms with Gasteiger partial charge in [-0.05, 0) is 12.5 Å². The number of benzene rings is 1. The first-order valence-electron chi connectivity index (χ1n) is 6.92. The fraction of sp³-hybridized carbons (Fsp3) is 0.267. The van der Waals surface area contributed by atoms with E-state index in [0.29, 0.717) is 28.8 Å². The fourth-order valence-electron chi connectivity index (χ4n) is 2.56. The van der Waals surface area contributed by atoms with Crippen LogP contribution >= 0.6 is 0 Å². The molecule has 0 radical (unpaired) electrons. The van der Waals surface area contributed by atoms with Crippen molar-refractivity contribution in [3.05, 3.63) is 30.1 Å². The van der Waals surface area contributed by atoms with Crippen LogP contribution < -0.4 is 5.73 Å². The molecule has 0 bridgehead atoms. The summed E-state index contributed by atoms with van der Waals surface area (Å²) in [7, 11) is 0. The first-order chi connectivity index (χ1) is 10.1. The summed E-state index contributed by atoms with van der Waals surface area (Å²) < 4.78 is 1.24. The van der Waals surface area contributed by atoms with Crippen LogP contribution in [0.25, 0.3) is 21.9 Å². The van der Waals surface area contributed by atoms with Crippen LogP contribution in [0.2, 0.25) is 0 Å². The van der Waals surface area contributed by atoms with Gasteiger partial charge >= 0.3 is 6.09 Å². The van der Waals surface area contributed by atoms with Crippen LogP contribution in [0.4, 0.5) is 10.6 Å². The van der Waals surface area contributed by atoms with Gasteiger partial charge in [-0.2, -0.15) is 0 Å². The lowest BCUT2D eigenvalue weighted by Gasteiger charge is -2.05. The molecule has 2 heterocycles. The highest BCUT2D eigenvalue weighted by Crippen LogP contribution is 2.29. The largest absolute Gasteiger partial charge is 0.464 e. The van der Waals surface area contributed by atoms with Gasteiger partial charge in [0.2, 0.25) is 0 Å². The number of rotatable bonds is 3. The average Bonchev–Trinajstić information content (AvgIpc) is 2.85. The number of aromatic nitrogens is 3. The van der Waals surface area contributed by atoms with Gasteiger partial charge in [0.25, 0.3) is 0 Å². The molecule has 108 valence electrons. The van der Waals surface area contributed by atoms with Crippen molar-refractivity contribution in [3.63, 3.8) is 0 Å². The SMILES string of the molecule is CCCCc1nc2c(N)nc3ccccc3c2n1C(=O)O. The number of nitrogens with two attached hydrogens (primary N) is 1. The van der Waals surface area contributed by atoms with E-state index in [2.05, 4.69) is 16.9 Å². The fourth-order valence-corrected chi connectivity index (χ4v) is 2.56. The number of imidazole rings is 1. The second-order valence-electron chi connectivity index (χ2n) is 4.96. The van der Waals surface area contributed by atoms with E-state index in [1.54, 1.807) is 0 Å². The van der Waals surface area contributed by atoms with Gasteiger partial charge in [0.15, 0.2) is 5.82 Å². The number of pyridine rings is 1. The van der Waals surface area contributed by atoms with Gasteiger partial charge < -0.3 is 10.8 Å². The maximum absolute atomic E-state index is 11.7. The van der Waals surface area contributed by atoms with Crippen molar-refractivity contribution in [2.24, 2.45) is 0 Å². The Morgan fingerprint density at radius 2 is 2.10 bits per heavy atom. The number of unbranched alkanes of at least 4 members (excludes halogenated alkanes) is 1. The van der Waals surface area contributed by atoms with E-state index in [9.17, 15) is 9.90 Å². The van der Waals surface area contributed by atoms with Crippen molar-refractivity contribution in [1.82, 2.24) is 14.5 Å². The van der Waals surface area contributed by atoms with E-state index >= 15 is 0 Å². The van der Waals surface area contributed by atoms with Gasteiger partial charge in [-0.3, -0.25) is 0 Å². The van der Waals surface area contributed by atoms with Gasteiger partial charge in [0.1, 0.15) is 11.3 Å². The highest BCUT2D eigenvalue weighted by Gasteiger charge is 2.20. The van der Waals surface area contributed by atoms with Gasteiger partial charge in [0.05, 0.1) is 11.0 Å². The summed E-state index contributed by atoms with van der Waals surface area (Å²) in [6, 6.07) is 7.36. The van der Waals surface area contributed by atoms with E-state index in [-0.39, 0.29) is 5.82 Å². The molecule has 1 aromatic carbocycles. The van der Waals surface area contributed by atoms with Crippen LogP contribution in [0.1, 0.15) is 25.6 Å². The summed E-state index contributed by atoms with van der Waals surface area (Å²) in [5.41, 5.74) is 7.61. The standard InChI is InChI=1S/C15H16N4O2/c1-2-3-8-11-18-12-13(19(11)15(20)21)9-6-4-5-7-10(9)17-14(12)16/h4-7H,2-3,8H2,1H3,(H2,16,17)(H,20,21). The van der Waals surface area contributed by atoms with Crippen molar-refractivity contribution < 1.29 is 9.90 Å². The maximum atomic E-state index is 11.7. The Bertz CT molecular complexity index is 838. The van der Waals surface area contributed by atoms with Gasteiger partial charge in [-0.1, -0.05) is 31.5 Å². The minimum atomic E-state index is -1.04. The van der Waals surface area contributed by atoms with Gasteiger partial charge in [-0.25, -0.2) is 19.3 Å². The van der Waals surface area contributed by atoms with Gasteiger partial charge in [0, 0.05) is 11.8 Å². The number of nitrogens with zero attached hydrogens (tertiary/aromatic N) is 3. The summed E-state index contributed by atoms with van der Waals surface area (Å²) >= 11 is 0. The molecule has 0 aliphatic rings. The number of fused-ring (bicyclic) bond motifs is 3. The molecule has 3 N–H and O–H groups in total. The molecule has 21 heavy (non-hydrogen) atoms. The first-order valence-corrected chi connectivity index (χ1v) is 6.92. The lowest BCUT2D eigenvalue weighted by atomic mass is 10.2. The highest BCUT2D eigenvalue weighted by molar-refractivity contribution is 6.09. The van der Waals surface area contributed by atoms with E-state index in [4.69, 9.17) is 5.73 Å². The van der Waals surface area contributed by atoms with Crippen LogP contribution in [0, 0.1) is 0 Å². The Hall–Kier alpha value is -2.63. The monoisotopic (exact) mass is 284 g/mol. The minimum absolute atomic E-state index is 0.265. The zero-order valence-corrected chi connectivity index (χ0v) is 11.7. The van der Waals surface area contributed by atoms with E-state index in [1.807, 2.05) is 24.3 Å². The average molecular weight is 284 g/mol. The summed E-state index contributed by atoms with van der Waals surface area (Å²) in [6.07, 6.45) is 1.41. The third kappa shape index (κ3) is 2.08. The molecule has 6 heteroatoms. The van der Waals surface area contributed by atoms with Crippen molar-refractivity contribution in [3.8, 4) is 0 Å². The molecule has 6 nitrogen and oxygen atoms in total. The van der Waals surface area contributed by atoms with Crippen molar-refractivity contribution in [2.75, 3.05) is 5.73 Å². The molecular formula is C15H16N4O2. The molecule has 2 aromatic heterocycles. The van der Waals surface area contributed by atoms with Crippen molar-refractivity contribution >= 4 is 33.8 Å². The van der Waals surface area contributed by atoms with Gasteiger partial charge in [-0.15, -0.1) is 0 Å². The molecule has 3 aromatic rings. The second-order valence-corrected chi connectivity index (χ2v) is 4.96. The molecule has 0 unspecified atom stereocenters. The Balaban J connectivity index is 2.41. The summed E-state index contributed by atoms with van der Waals surface area (Å²) in [4.78, 5) is 20.4. The van der Waals surface area contributed by atoms with Crippen LogP contribution in [0.5, 0.6) is 0 Å². The van der Waals surface area contributed by atoms with Crippen molar-refractivity contribution in [2.45, 2.75) is 26.2 Å². The normalized spacial score (nSPS) is 11.3. The Kier molecular flexibility index (Phi) is 3.21. The van der Waals surface area contributed by atoms with E-state index in [0.717, 1.165) is 18.2 Å². The summed E-state index contributed by atoms with van der Waals surface area (Å²) in [5.74, 6) is 0.783. The molecule has 0 spiro atoms. The molecule has 3 rings (SSSR count). The quantitative estimate of drug-likeness (QED) is 0.771. The van der Waals surface area contributed by atoms with Crippen LogP contribution in [0.15, 0.2) is 24.3 Å². The molecule has 0 aliphatic carbocycles. The molecule has 0 atom stereocenters. The van der Waals surface area contributed by atoms with Crippen LogP contribution in [-0.2, 0) is 6.42 Å². The second kappa shape index (κ2) is 5.05. The summed E-state index contributed by atoms with van der Waals surface area (Å²) in [5, 5.41) is 10.3. The number of para-hydroxylation sites is 1. The number of nitrogen functional groups attached to an aromatic ring is 1. The molecule has 0 amide bonds. The third-order valence-electron chi connectivity index (χ3n) is 3.53. The first kappa shape index (κ1) is 13.4. The Labute approximate surface area is 121 Å². The number of anilines is 1. The smallest absolute Gasteiger partial charge is 0.417 e. The predicted molar refractivity (Wildman–Crippen MR) is 81.5 cm³/mol. The topological polar surface area (TPSA) is 94.0 Å². The number of hydrogen-bond acceptors (Lipinski definition) is 4. The van der Waals surface area contributed by atoms with Crippen molar-refractivity contribution in [1.29, 1.82) is 0 Å². The lowest BCUT2D eigenvalue weighted by molar-refractivity contribution is 0.196. The summed E-state index contributed by atoms with van der Waals surface area (Å²) in [6.45, 7) is 2.05. The highest BCUT2D eigenvalue weighted by atomic mass is 16.4. The number of hydrogen-bond donors (Lipinski definition) is 2. The minimum Gasteiger partial charge on any atom is -0.464 e. The maximum Gasteiger partial charge on any atom is 0.417 e. The number of carboxylic acid groups (broad SMARTS) is 1. The Morgan fingerprint density at radius 3 is 2.81 bits per heavy atom. The zero-order chi connectivity index (χ0) is 15.0. The molecule has 0 aliphatic heterocycles. The zero-order valence-electron chi connectivity index (χ0n) is 11.7. The molecule has 0 fully saturated rings. The molecule has 0 saturated carbocycles. The van der Waals surface area contributed by atoms with Crippen LogP contribution in [-0.4, -0.2) is 25.7 Å². The lowest BCUT2D eigenvalue weighted by Crippen LogP contribution is -2.12. The third-order valence-corrected chi connectivity index (χ3v) is 3.53. The molecular weight excluding hydrogens is 268 g/mol. The van der Waals surface area contributed by atoms with E-state index in [1.165, 1.54) is 4.57 Å². The number of aryl methyl sites for hydroxylation is 1.